The number of hydrogen-bond acceptors (Lipinski definition) is 2. The molecular formula is C15H16BrClN2. The van der Waals surface area contributed by atoms with Crippen LogP contribution in [0.3, 0.4) is 0 Å². The zero-order chi connectivity index (χ0) is 13.7. The smallest absolute Gasteiger partial charge is 0.0642 e. The van der Waals surface area contributed by atoms with Crippen molar-refractivity contribution in [2.75, 3.05) is 18.5 Å². The maximum absolute atomic E-state index is 6.31. The minimum atomic E-state index is 0.792. The molecule has 19 heavy (non-hydrogen) atoms. The molecular weight excluding hydrogens is 324 g/mol. The SMILES string of the molecule is CN(CCc1ccccn1)c1c(Cl)cccc1CBr. The molecule has 0 atom stereocenters. The van der Waals surface area contributed by atoms with Gasteiger partial charge in [-0.15, -0.1) is 0 Å². The number of anilines is 1. The summed E-state index contributed by atoms with van der Waals surface area (Å²) in [6, 6.07) is 12.0. The van der Waals surface area contributed by atoms with Gasteiger partial charge in [0.2, 0.25) is 0 Å². The standard InChI is InChI=1S/C15H16BrClN2/c1-19(10-8-13-6-2-3-9-18-13)15-12(11-16)5-4-7-14(15)17/h2-7,9H,8,10-11H2,1H3. The molecule has 0 fully saturated rings. The van der Waals surface area contributed by atoms with E-state index >= 15 is 0 Å². The van der Waals surface area contributed by atoms with E-state index in [2.05, 4.69) is 38.9 Å². The Balaban J connectivity index is 2.10. The van der Waals surface area contributed by atoms with E-state index in [9.17, 15) is 0 Å². The summed E-state index contributed by atoms with van der Waals surface area (Å²) in [7, 11) is 2.07. The summed E-state index contributed by atoms with van der Waals surface area (Å²) in [5, 5.41) is 1.59. The van der Waals surface area contributed by atoms with Gasteiger partial charge in [0.05, 0.1) is 10.7 Å². The lowest BCUT2D eigenvalue weighted by molar-refractivity contribution is 0.849. The molecule has 0 spiro atoms. The van der Waals surface area contributed by atoms with Crippen LogP contribution in [-0.2, 0) is 11.8 Å². The van der Waals surface area contributed by atoms with Gasteiger partial charge in [-0.3, -0.25) is 4.98 Å². The topological polar surface area (TPSA) is 16.1 Å². The molecule has 0 amide bonds. The number of benzene rings is 1. The van der Waals surface area contributed by atoms with Crippen LogP contribution in [0.25, 0.3) is 0 Å². The summed E-state index contributed by atoms with van der Waals surface area (Å²) in [6.45, 7) is 0.890. The van der Waals surface area contributed by atoms with Crippen LogP contribution in [-0.4, -0.2) is 18.6 Å². The largest absolute Gasteiger partial charge is 0.373 e. The molecule has 0 bridgehead atoms. The highest BCUT2D eigenvalue weighted by molar-refractivity contribution is 9.08. The van der Waals surface area contributed by atoms with Crippen LogP contribution in [0, 0.1) is 0 Å². The molecule has 0 saturated carbocycles. The Bertz CT molecular complexity index is 531. The van der Waals surface area contributed by atoms with Crippen molar-refractivity contribution < 1.29 is 0 Å². The highest BCUT2D eigenvalue weighted by Crippen LogP contribution is 2.30. The number of rotatable bonds is 5. The lowest BCUT2D eigenvalue weighted by atomic mass is 10.1. The van der Waals surface area contributed by atoms with Gasteiger partial charge in [0.25, 0.3) is 0 Å². The Hall–Kier alpha value is -1.06. The summed E-state index contributed by atoms with van der Waals surface area (Å²) in [6.07, 6.45) is 2.74. The van der Waals surface area contributed by atoms with E-state index in [0.29, 0.717) is 0 Å². The molecule has 0 aliphatic rings. The van der Waals surface area contributed by atoms with Gasteiger partial charge in [-0.25, -0.2) is 0 Å². The average Bonchev–Trinajstić information content (AvgIpc) is 2.45. The Morgan fingerprint density at radius 1 is 1.21 bits per heavy atom. The fraction of sp³-hybridized carbons (Fsp3) is 0.267. The van der Waals surface area contributed by atoms with Crippen LogP contribution >= 0.6 is 27.5 Å². The Labute approximate surface area is 127 Å². The van der Waals surface area contributed by atoms with Crippen LogP contribution in [0.2, 0.25) is 5.02 Å². The molecule has 0 unspecified atom stereocenters. The maximum Gasteiger partial charge on any atom is 0.0642 e. The first-order valence-electron chi connectivity index (χ1n) is 6.16. The van der Waals surface area contributed by atoms with E-state index in [-0.39, 0.29) is 0 Å². The predicted molar refractivity (Wildman–Crippen MR) is 85.3 cm³/mol. The third kappa shape index (κ3) is 3.71. The Kier molecular flexibility index (Phi) is 5.23. The van der Waals surface area contributed by atoms with Crippen LogP contribution in [0.4, 0.5) is 5.69 Å². The number of alkyl halides is 1. The number of para-hydroxylation sites is 1. The molecule has 1 aromatic carbocycles. The minimum absolute atomic E-state index is 0.792. The minimum Gasteiger partial charge on any atom is -0.373 e. The quantitative estimate of drug-likeness (QED) is 0.755. The predicted octanol–water partition coefficient (Wildman–Crippen LogP) is 4.31. The lowest BCUT2D eigenvalue weighted by Crippen LogP contribution is -2.22. The second-order valence-electron chi connectivity index (χ2n) is 4.37. The van der Waals surface area contributed by atoms with Crippen LogP contribution in [0.5, 0.6) is 0 Å². The van der Waals surface area contributed by atoms with Gasteiger partial charge in [-0.2, -0.15) is 0 Å². The fourth-order valence-corrected chi connectivity index (χ4v) is 2.83. The van der Waals surface area contributed by atoms with Gasteiger partial charge in [-0.1, -0.05) is 45.7 Å². The summed E-state index contributed by atoms with van der Waals surface area (Å²) in [5.41, 5.74) is 3.40. The van der Waals surface area contributed by atoms with E-state index < -0.39 is 0 Å². The molecule has 0 aliphatic heterocycles. The number of aromatic nitrogens is 1. The zero-order valence-electron chi connectivity index (χ0n) is 10.8. The van der Waals surface area contributed by atoms with Gasteiger partial charge in [0.15, 0.2) is 0 Å². The van der Waals surface area contributed by atoms with Crippen molar-refractivity contribution in [1.82, 2.24) is 4.98 Å². The van der Waals surface area contributed by atoms with Crippen molar-refractivity contribution in [3.63, 3.8) is 0 Å². The molecule has 0 saturated heterocycles. The molecule has 1 heterocycles. The van der Waals surface area contributed by atoms with Crippen molar-refractivity contribution in [1.29, 1.82) is 0 Å². The summed E-state index contributed by atoms with van der Waals surface area (Å²) in [5.74, 6) is 0. The van der Waals surface area contributed by atoms with Crippen molar-refractivity contribution in [3.05, 3.63) is 58.9 Å². The second-order valence-corrected chi connectivity index (χ2v) is 5.34. The molecule has 0 N–H and O–H groups in total. The van der Waals surface area contributed by atoms with Gasteiger partial charge in [-0.05, 0) is 23.8 Å². The third-order valence-electron chi connectivity index (χ3n) is 3.03. The number of nitrogens with zero attached hydrogens (tertiary/aromatic N) is 2. The van der Waals surface area contributed by atoms with Gasteiger partial charge >= 0.3 is 0 Å². The van der Waals surface area contributed by atoms with E-state index in [4.69, 9.17) is 11.6 Å². The molecule has 0 radical (unpaired) electrons. The van der Waals surface area contributed by atoms with Crippen molar-refractivity contribution >= 4 is 33.2 Å². The molecule has 2 rings (SSSR count). The molecule has 1 aromatic heterocycles. The van der Waals surface area contributed by atoms with Crippen LogP contribution < -0.4 is 4.90 Å². The monoisotopic (exact) mass is 338 g/mol. The Morgan fingerprint density at radius 2 is 2.05 bits per heavy atom. The average molecular weight is 340 g/mol. The lowest BCUT2D eigenvalue weighted by Gasteiger charge is -2.23. The summed E-state index contributed by atoms with van der Waals surface area (Å²) in [4.78, 5) is 6.53. The maximum atomic E-state index is 6.31. The number of halogens is 2. The van der Waals surface area contributed by atoms with Gasteiger partial charge in [0.1, 0.15) is 0 Å². The van der Waals surface area contributed by atoms with E-state index in [1.165, 1.54) is 5.56 Å². The van der Waals surface area contributed by atoms with E-state index in [0.717, 1.165) is 34.7 Å². The molecule has 4 heteroatoms. The molecule has 2 aromatic rings. The van der Waals surface area contributed by atoms with Crippen molar-refractivity contribution in [3.8, 4) is 0 Å². The van der Waals surface area contributed by atoms with Crippen LogP contribution in [0.15, 0.2) is 42.6 Å². The molecule has 2 nitrogen and oxygen atoms in total. The normalized spacial score (nSPS) is 10.5. The number of hydrogen-bond donors (Lipinski definition) is 0. The number of likely N-dealkylation sites (N-methyl/N-ethyl adjacent to an activating group) is 1. The highest BCUT2D eigenvalue weighted by Gasteiger charge is 2.11. The van der Waals surface area contributed by atoms with Crippen molar-refractivity contribution in [2.45, 2.75) is 11.8 Å². The van der Waals surface area contributed by atoms with Crippen LogP contribution in [0.1, 0.15) is 11.3 Å². The molecule has 0 aliphatic carbocycles. The van der Waals surface area contributed by atoms with Gasteiger partial charge in [0, 0.05) is 37.2 Å². The fourth-order valence-electron chi connectivity index (χ4n) is 2.04. The second kappa shape index (κ2) is 6.92. The number of pyridine rings is 1. The first-order chi connectivity index (χ1) is 9.22. The Morgan fingerprint density at radius 3 is 2.74 bits per heavy atom. The van der Waals surface area contributed by atoms with Gasteiger partial charge < -0.3 is 4.90 Å². The zero-order valence-corrected chi connectivity index (χ0v) is 13.2. The van der Waals surface area contributed by atoms with E-state index in [1.54, 1.807) is 0 Å². The van der Waals surface area contributed by atoms with Crippen molar-refractivity contribution in [2.24, 2.45) is 0 Å². The highest BCUT2D eigenvalue weighted by atomic mass is 79.9. The summed E-state index contributed by atoms with van der Waals surface area (Å²) < 4.78 is 0. The third-order valence-corrected chi connectivity index (χ3v) is 3.93. The summed E-state index contributed by atoms with van der Waals surface area (Å²) >= 11 is 9.82. The molecule has 100 valence electrons. The first-order valence-corrected chi connectivity index (χ1v) is 7.66. The van der Waals surface area contributed by atoms with E-state index in [1.807, 2.05) is 36.5 Å². The first kappa shape index (κ1) is 14.4.